The minimum Gasteiger partial charge on any atom is -0.508 e. The fraction of sp³-hybridized carbons (Fsp3) is 0. The fourth-order valence-electron chi connectivity index (χ4n) is 3.51. The molecule has 2 heterocycles. The predicted molar refractivity (Wildman–Crippen MR) is 127 cm³/mol. The Labute approximate surface area is 185 Å². The van der Waals surface area contributed by atoms with Gasteiger partial charge in [-0.15, -0.1) is 11.3 Å². The monoisotopic (exact) mass is 446 g/mol. The van der Waals surface area contributed by atoms with E-state index in [0.717, 1.165) is 38.2 Å². The zero-order chi connectivity index (χ0) is 21.4. The quantitative estimate of drug-likeness (QED) is 0.291. The molecule has 0 aliphatic rings. The first-order valence-corrected chi connectivity index (χ1v) is 11.6. The zero-order valence-electron chi connectivity index (χ0n) is 16.2. The van der Waals surface area contributed by atoms with Gasteiger partial charge < -0.3 is 10.4 Å². The molecule has 8 heteroatoms. The largest absolute Gasteiger partial charge is 0.508 e. The van der Waals surface area contributed by atoms with Gasteiger partial charge in [0.05, 0.1) is 10.6 Å². The lowest BCUT2D eigenvalue weighted by molar-refractivity contribution is 0.475. The SMILES string of the molecule is NS(=O)c1ccc(Nc2cc(-c3csc4c(-c5cccc(O)c5)cccc34)[nH]n2)cc1. The Bertz CT molecular complexity index is 1410. The molecular weight excluding hydrogens is 428 g/mol. The Morgan fingerprint density at radius 3 is 2.58 bits per heavy atom. The average Bonchev–Trinajstić information content (AvgIpc) is 3.40. The third kappa shape index (κ3) is 3.84. The average molecular weight is 447 g/mol. The Kier molecular flexibility index (Phi) is 5.03. The summed E-state index contributed by atoms with van der Waals surface area (Å²) < 4.78 is 12.5. The lowest BCUT2D eigenvalue weighted by Crippen LogP contribution is -2.02. The van der Waals surface area contributed by atoms with Crippen LogP contribution >= 0.6 is 11.3 Å². The molecule has 0 spiro atoms. The highest BCUT2D eigenvalue weighted by atomic mass is 32.2. The number of aromatic nitrogens is 2. The minimum atomic E-state index is -1.49. The van der Waals surface area contributed by atoms with Crippen molar-refractivity contribution in [2.24, 2.45) is 5.14 Å². The number of hydrogen-bond acceptors (Lipinski definition) is 5. The fourth-order valence-corrected chi connectivity index (χ4v) is 5.02. The second-order valence-corrected chi connectivity index (χ2v) is 8.94. The van der Waals surface area contributed by atoms with Gasteiger partial charge in [-0.2, -0.15) is 5.10 Å². The van der Waals surface area contributed by atoms with Crippen LogP contribution in [-0.2, 0) is 11.0 Å². The maximum Gasteiger partial charge on any atom is 0.152 e. The second-order valence-electron chi connectivity index (χ2n) is 7.00. The maximum absolute atomic E-state index is 11.3. The summed E-state index contributed by atoms with van der Waals surface area (Å²) in [6.07, 6.45) is 0. The van der Waals surface area contributed by atoms with Crippen molar-refractivity contribution in [2.45, 2.75) is 4.90 Å². The van der Waals surface area contributed by atoms with Gasteiger partial charge in [-0.1, -0.05) is 30.3 Å². The molecule has 1 unspecified atom stereocenters. The van der Waals surface area contributed by atoms with E-state index in [4.69, 9.17) is 5.14 Å². The van der Waals surface area contributed by atoms with Crippen molar-refractivity contribution in [1.29, 1.82) is 0 Å². The smallest absolute Gasteiger partial charge is 0.152 e. The molecule has 5 aromatic rings. The number of rotatable bonds is 5. The summed E-state index contributed by atoms with van der Waals surface area (Å²) in [6, 6.07) is 22.5. The Hall–Kier alpha value is -3.46. The molecule has 0 aliphatic carbocycles. The highest BCUT2D eigenvalue weighted by molar-refractivity contribution is 7.82. The first-order valence-electron chi connectivity index (χ1n) is 9.47. The Morgan fingerprint density at radius 2 is 1.81 bits per heavy atom. The van der Waals surface area contributed by atoms with Crippen molar-refractivity contribution in [1.82, 2.24) is 10.2 Å². The van der Waals surface area contributed by atoms with E-state index in [0.29, 0.717) is 10.7 Å². The summed E-state index contributed by atoms with van der Waals surface area (Å²) in [5.41, 5.74) is 4.86. The number of nitrogens with one attached hydrogen (secondary N) is 2. The maximum atomic E-state index is 11.3. The number of thiophene rings is 1. The lowest BCUT2D eigenvalue weighted by atomic mass is 10.0. The number of nitrogens with zero attached hydrogens (tertiary/aromatic N) is 1. The van der Waals surface area contributed by atoms with Gasteiger partial charge in [0, 0.05) is 32.8 Å². The summed E-state index contributed by atoms with van der Waals surface area (Å²) in [5.74, 6) is 0.932. The van der Waals surface area contributed by atoms with Crippen molar-refractivity contribution in [2.75, 3.05) is 5.32 Å². The summed E-state index contributed by atoms with van der Waals surface area (Å²) >= 11 is 1.66. The zero-order valence-corrected chi connectivity index (χ0v) is 17.8. The Balaban J connectivity index is 1.46. The molecule has 0 saturated heterocycles. The van der Waals surface area contributed by atoms with Crippen LogP contribution in [0, 0.1) is 0 Å². The van der Waals surface area contributed by atoms with Crippen LogP contribution in [-0.4, -0.2) is 19.5 Å². The van der Waals surface area contributed by atoms with E-state index in [1.165, 1.54) is 0 Å². The lowest BCUT2D eigenvalue weighted by Gasteiger charge is -2.05. The van der Waals surface area contributed by atoms with Gasteiger partial charge in [0.1, 0.15) is 16.7 Å². The third-order valence-corrected chi connectivity index (χ3v) is 6.75. The van der Waals surface area contributed by atoms with E-state index in [-0.39, 0.29) is 5.75 Å². The van der Waals surface area contributed by atoms with Crippen LogP contribution in [0.1, 0.15) is 0 Å². The predicted octanol–water partition coefficient (Wildman–Crippen LogP) is 5.39. The van der Waals surface area contributed by atoms with E-state index in [1.807, 2.05) is 36.4 Å². The highest BCUT2D eigenvalue weighted by Crippen LogP contribution is 2.40. The van der Waals surface area contributed by atoms with E-state index in [2.05, 4.69) is 33.0 Å². The van der Waals surface area contributed by atoms with Crippen LogP contribution in [0.15, 0.2) is 83.1 Å². The summed E-state index contributed by atoms with van der Waals surface area (Å²) in [6.45, 7) is 0. The number of phenols is 1. The van der Waals surface area contributed by atoms with Crippen LogP contribution < -0.4 is 10.5 Å². The number of phenolic OH excluding ortho intramolecular Hbond substituents is 1. The number of anilines is 2. The summed E-state index contributed by atoms with van der Waals surface area (Å²) in [4.78, 5) is 0.570. The van der Waals surface area contributed by atoms with Crippen LogP contribution in [0.5, 0.6) is 5.75 Å². The van der Waals surface area contributed by atoms with Crippen molar-refractivity contribution in [3.05, 3.63) is 78.2 Å². The van der Waals surface area contributed by atoms with Gasteiger partial charge in [-0.25, -0.2) is 9.35 Å². The molecule has 31 heavy (non-hydrogen) atoms. The van der Waals surface area contributed by atoms with Gasteiger partial charge in [0.15, 0.2) is 5.82 Å². The normalized spacial score (nSPS) is 12.2. The van der Waals surface area contributed by atoms with Gasteiger partial charge in [-0.05, 0) is 47.5 Å². The number of benzene rings is 3. The van der Waals surface area contributed by atoms with Crippen LogP contribution in [0.3, 0.4) is 0 Å². The number of hydrogen-bond donors (Lipinski definition) is 4. The third-order valence-electron chi connectivity index (χ3n) is 4.98. The van der Waals surface area contributed by atoms with Gasteiger partial charge in [-0.3, -0.25) is 5.10 Å². The highest BCUT2D eigenvalue weighted by Gasteiger charge is 2.13. The number of H-pyrrole nitrogens is 1. The van der Waals surface area contributed by atoms with E-state index in [9.17, 15) is 9.32 Å². The van der Waals surface area contributed by atoms with Crippen LogP contribution in [0.4, 0.5) is 11.5 Å². The van der Waals surface area contributed by atoms with Crippen LogP contribution in [0.25, 0.3) is 32.5 Å². The van der Waals surface area contributed by atoms with Crippen molar-refractivity contribution in [3.8, 4) is 28.1 Å². The molecule has 0 fully saturated rings. The number of aromatic hydroxyl groups is 1. The molecule has 0 saturated carbocycles. The minimum absolute atomic E-state index is 0.251. The molecule has 1 atom stereocenters. The number of aromatic amines is 1. The van der Waals surface area contributed by atoms with Crippen molar-refractivity contribution in [3.63, 3.8) is 0 Å². The molecule has 0 radical (unpaired) electrons. The van der Waals surface area contributed by atoms with Crippen molar-refractivity contribution >= 4 is 43.9 Å². The Morgan fingerprint density at radius 1 is 1.00 bits per heavy atom. The van der Waals surface area contributed by atoms with E-state index >= 15 is 0 Å². The molecular formula is C23H18N4O2S2. The van der Waals surface area contributed by atoms with E-state index in [1.54, 1.807) is 35.6 Å². The molecule has 0 aliphatic heterocycles. The van der Waals surface area contributed by atoms with Crippen LogP contribution in [0.2, 0.25) is 0 Å². The van der Waals surface area contributed by atoms with Gasteiger partial charge in [0.25, 0.3) is 0 Å². The standard InChI is InChI=1S/C23H18N4O2S2/c24-31(29)17-9-7-15(8-10-17)25-22-12-21(26-27-22)20-13-30-23-18(5-2-6-19(20)23)14-3-1-4-16(28)11-14/h1-13,28H,24H2,(H2,25,26,27). The molecule has 5 N–H and O–H groups in total. The topological polar surface area (TPSA) is 104 Å². The first-order chi connectivity index (χ1) is 15.1. The number of nitrogens with two attached hydrogens (primary N) is 1. The number of fused-ring (bicyclic) bond motifs is 1. The molecule has 6 nitrogen and oxygen atoms in total. The first kappa shape index (κ1) is 19.5. The molecule has 2 aromatic heterocycles. The summed E-state index contributed by atoms with van der Waals surface area (Å²) in [5, 5.41) is 29.2. The molecule has 3 aromatic carbocycles. The summed E-state index contributed by atoms with van der Waals surface area (Å²) in [7, 11) is -1.49. The second kappa shape index (κ2) is 7.99. The molecule has 0 amide bonds. The van der Waals surface area contributed by atoms with E-state index < -0.39 is 11.0 Å². The van der Waals surface area contributed by atoms with Gasteiger partial charge in [0.2, 0.25) is 0 Å². The molecule has 0 bridgehead atoms. The molecule has 154 valence electrons. The molecule has 5 rings (SSSR count). The van der Waals surface area contributed by atoms with Gasteiger partial charge >= 0.3 is 0 Å². The van der Waals surface area contributed by atoms with Crippen molar-refractivity contribution < 1.29 is 9.32 Å².